The molecule has 2 heterocycles. The lowest BCUT2D eigenvalue weighted by atomic mass is 9.98. The van der Waals surface area contributed by atoms with E-state index in [1.54, 1.807) is 0 Å². The highest BCUT2D eigenvalue weighted by molar-refractivity contribution is 5.89. The van der Waals surface area contributed by atoms with Crippen LogP contribution in [0.2, 0.25) is 0 Å². The first-order valence-corrected chi connectivity index (χ1v) is 23.2. The van der Waals surface area contributed by atoms with Crippen LogP contribution in [0.25, 0.3) is 90.1 Å². The molecule has 0 aliphatic carbocycles. The molecule has 0 atom stereocenters. The first-order chi connectivity index (χ1) is 33.4. The van der Waals surface area contributed by atoms with E-state index < -0.39 is 5.97 Å². The number of benzene rings is 8. The topological polar surface area (TPSA) is 85.0 Å². The lowest BCUT2D eigenvalue weighted by molar-refractivity contribution is -0.134. The zero-order chi connectivity index (χ0) is 46.8. The number of anilines is 1. The molecule has 0 aliphatic heterocycles. The van der Waals surface area contributed by atoms with E-state index in [-0.39, 0.29) is 6.54 Å². The summed E-state index contributed by atoms with van der Waals surface area (Å²) < 4.78 is 4.63. The second-order valence-corrected chi connectivity index (χ2v) is 16.5. The van der Waals surface area contributed by atoms with Crippen LogP contribution in [0.5, 0.6) is 0 Å². The van der Waals surface area contributed by atoms with E-state index >= 15 is 0 Å². The molecule has 0 radical (unpaired) electrons. The number of nitrogens with one attached hydrogen (secondary N) is 1. The van der Waals surface area contributed by atoms with E-state index in [1.165, 1.54) is 22.3 Å². The van der Waals surface area contributed by atoms with E-state index in [4.69, 9.17) is 15.1 Å². The molecule has 7 heteroatoms. The molecule has 0 fully saturated rings. The van der Waals surface area contributed by atoms with Crippen LogP contribution in [-0.2, 0) is 17.9 Å². The van der Waals surface area contributed by atoms with Gasteiger partial charge in [0.2, 0.25) is 0 Å². The molecule has 0 unspecified atom stereocenters. The van der Waals surface area contributed by atoms with Gasteiger partial charge in [-0.3, -0.25) is 4.79 Å². The quantitative estimate of drug-likeness (QED) is 0.120. The minimum atomic E-state index is -0.896. The molecule has 7 nitrogen and oxygen atoms in total. The van der Waals surface area contributed by atoms with Crippen LogP contribution in [0, 0.1) is 6.92 Å². The third-order valence-corrected chi connectivity index (χ3v) is 12.0. The maximum atomic E-state index is 11.0. The summed E-state index contributed by atoms with van der Waals surface area (Å²) in [5.41, 5.74) is 17.4. The molecule has 2 aromatic heterocycles. The zero-order valence-electron chi connectivity index (χ0n) is 38.6. The van der Waals surface area contributed by atoms with Crippen molar-refractivity contribution >= 4 is 11.7 Å². The Morgan fingerprint density at radius 1 is 0.441 bits per heavy atom. The highest BCUT2D eigenvalue weighted by atomic mass is 16.4. The number of rotatable bonds is 13. The van der Waals surface area contributed by atoms with Gasteiger partial charge in [-0.25, -0.2) is 9.97 Å². The van der Waals surface area contributed by atoms with Gasteiger partial charge in [-0.2, -0.15) is 0 Å². The Morgan fingerprint density at radius 2 is 0.809 bits per heavy atom. The van der Waals surface area contributed by atoms with Crippen LogP contribution in [0.4, 0.5) is 5.69 Å². The fourth-order valence-corrected chi connectivity index (χ4v) is 8.95. The van der Waals surface area contributed by atoms with Crippen molar-refractivity contribution in [2.24, 2.45) is 0 Å². The van der Waals surface area contributed by atoms with Crippen molar-refractivity contribution in [2.45, 2.75) is 33.9 Å². The number of carboxylic acids is 1. The van der Waals surface area contributed by atoms with Crippen LogP contribution in [0.3, 0.4) is 0 Å². The first-order valence-electron chi connectivity index (χ1n) is 23.2. The molecule has 0 saturated carbocycles. The molecular formula is C61H53N5O2. The van der Waals surface area contributed by atoms with Crippen molar-refractivity contribution in [3.05, 3.63) is 224 Å². The van der Waals surface area contributed by atoms with Gasteiger partial charge < -0.3 is 19.6 Å². The summed E-state index contributed by atoms with van der Waals surface area (Å²) in [5.74, 6) is 1.00. The van der Waals surface area contributed by atoms with Crippen molar-refractivity contribution < 1.29 is 9.90 Å². The number of carbonyl (C=O) groups is 1. The SMILES string of the molecule is CCn1c(-c2ccccc2-c2cccc(C)c2)nc(-c2ccccc2)c1-c1ccccc1.CCn1c(-c2ccccc2-c2cccc(NCC(=O)O)c2)nc(-c2ccccc2)c1-c1ccccc1. The highest BCUT2D eigenvalue weighted by Gasteiger charge is 2.24. The van der Waals surface area contributed by atoms with Crippen LogP contribution in [0.1, 0.15) is 19.4 Å². The predicted octanol–water partition coefficient (Wildman–Crippen LogP) is 14.9. The summed E-state index contributed by atoms with van der Waals surface area (Å²) in [4.78, 5) is 21.5. The number of hydrogen-bond acceptors (Lipinski definition) is 4. The van der Waals surface area contributed by atoms with Crippen LogP contribution >= 0.6 is 0 Å². The summed E-state index contributed by atoms with van der Waals surface area (Å²) in [6, 6.07) is 75.2. The number of aliphatic carboxylic acids is 1. The highest BCUT2D eigenvalue weighted by Crippen LogP contribution is 2.41. The average Bonchev–Trinajstić information content (AvgIpc) is 3.99. The van der Waals surface area contributed by atoms with Crippen molar-refractivity contribution in [2.75, 3.05) is 11.9 Å². The summed E-state index contributed by atoms with van der Waals surface area (Å²) in [6.07, 6.45) is 0. The van der Waals surface area contributed by atoms with Crippen LogP contribution in [0.15, 0.2) is 218 Å². The van der Waals surface area contributed by atoms with Gasteiger partial charge in [0.1, 0.15) is 18.2 Å². The smallest absolute Gasteiger partial charge is 0.322 e. The van der Waals surface area contributed by atoms with Gasteiger partial charge in [0.05, 0.1) is 22.8 Å². The normalized spacial score (nSPS) is 10.9. The summed E-state index contributed by atoms with van der Waals surface area (Å²) >= 11 is 0. The summed E-state index contributed by atoms with van der Waals surface area (Å²) in [7, 11) is 0. The van der Waals surface area contributed by atoms with Gasteiger partial charge in [-0.1, -0.05) is 212 Å². The fraction of sp³-hybridized carbons (Fsp3) is 0.0984. The first kappa shape index (κ1) is 44.6. The third-order valence-electron chi connectivity index (χ3n) is 12.0. The van der Waals surface area contributed by atoms with Crippen molar-refractivity contribution in [1.29, 1.82) is 0 Å². The number of nitrogens with zero attached hydrogens (tertiary/aromatic N) is 4. The van der Waals surface area contributed by atoms with Gasteiger partial charge in [0.15, 0.2) is 0 Å². The Morgan fingerprint density at radius 3 is 1.22 bits per heavy atom. The summed E-state index contributed by atoms with van der Waals surface area (Å²) in [5, 5.41) is 12.0. The summed E-state index contributed by atoms with van der Waals surface area (Å²) in [6.45, 7) is 7.94. The minimum absolute atomic E-state index is 0.133. The molecule has 8 aromatic carbocycles. The van der Waals surface area contributed by atoms with Gasteiger partial charge in [0, 0.05) is 52.2 Å². The molecule has 10 rings (SSSR count). The number of carboxylic acid groups (broad SMARTS) is 1. The molecule has 0 aliphatic rings. The van der Waals surface area contributed by atoms with Crippen LogP contribution in [-0.4, -0.2) is 36.7 Å². The molecule has 68 heavy (non-hydrogen) atoms. The third kappa shape index (κ3) is 9.55. The zero-order valence-corrected chi connectivity index (χ0v) is 38.6. The molecule has 334 valence electrons. The Kier molecular flexibility index (Phi) is 13.6. The molecule has 0 saturated heterocycles. The van der Waals surface area contributed by atoms with E-state index in [9.17, 15) is 4.79 Å². The lowest BCUT2D eigenvalue weighted by Gasteiger charge is -2.14. The maximum absolute atomic E-state index is 11.0. The average molecular weight is 888 g/mol. The molecule has 0 spiro atoms. The Hall–Kier alpha value is -8.55. The van der Waals surface area contributed by atoms with Crippen molar-refractivity contribution in [3.63, 3.8) is 0 Å². The largest absolute Gasteiger partial charge is 0.480 e. The van der Waals surface area contributed by atoms with Crippen LogP contribution < -0.4 is 5.32 Å². The molecule has 10 aromatic rings. The van der Waals surface area contributed by atoms with E-state index in [0.29, 0.717) is 0 Å². The second kappa shape index (κ2) is 20.7. The molecular weight excluding hydrogens is 835 g/mol. The molecule has 0 amide bonds. The van der Waals surface area contributed by atoms with Gasteiger partial charge in [0.25, 0.3) is 0 Å². The monoisotopic (exact) mass is 887 g/mol. The Labute approximate surface area is 398 Å². The maximum Gasteiger partial charge on any atom is 0.322 e. The Bertz CT molecular complexity index is 3290. The lowest BCUT2D eigenvalue weighted by Crippen LogP contribution is -2.12. The number of imidazole rings is 2. The van der Waals surface area contributed by atoms with E-state index in [1.807, 2.05) is 60.7 Å². The number of aryl methyl sites for hydroxylation is 1. The minimum Gasteiger partial charge on any atom is -0.480 e. The Balaban J connectivity index is 0.000000171. The molecule has 0 bridgehead atoms. The van der Waals surface area contributed by atoms with E-state index in [2.05, 4.69) is 193 Å². The second-order valence-electron chi connectivity index (χ2n) is 16.5. The fourth-order valence-electron chi connectivity index (χ4n) is 8.95. The van der Waals surface area contributed by atoms with E-state index in [0.717, 1.165) is 92.1 Å². The number of aromatic nitrogens is 4. The predicted molar refractivity (Wildman–Crippen MR) is 280 cm³/mol. The van der Waals surface area contributed by atoms with Gasteiger partial charge in [-0.15, -0.1) is 0 Å². The standard InChI is InChI=1S/C31H27N3O2.C30H26N2/c1-2-34-30(23-14-7-4-8-15-23)29(22-12-5-3-6-13-22)33-31(34)27-19-10-9-18-26(27)24-16-11-17-25(20-24)32-21-28(35)36;1-3-32-29(24-16-8-5-9-17-24)28(23-14-6-4-7-15-23)31-30(32)27-20-11-10-19-26(27)25-18-12-13-22(2)21-25/h3-20,32H,2,21H2,1H3,(H,35,36);4-21H,3H2,1-2H3. The van der Waals surface area contributed by atoms with Gasteiger partial charge >= 0.3 is 5.97 Å². The van der Waals surface area contributed by atoms with Gasteiger partial charge in [-0.05, 0) is 55.2 Å². The van der Waals surface area contributed by atoms with Crippen molar-refractivity contribution in [3.8, 4) is 90.1 Å². The van der Waals surface area contributed by atoms with Crippen molar-refractivity contribution in [1.82, 2.24) is 19.1 Å². The molecule has 2 N–H and O–H groups in total. The number of hydrogen-bond donors (Lipinski definition) is 2.